The van der Waals surface area contributed by atoms with Crippen LogP contribution in [-0.2, 0) is 6.42 Å². The zero-order valence-corrected chi connectivity index (χ0v) is 11.5. The monoisotopic (exact) mass is 289 g/mol. The molecular weight excluding hydrogens is 271 g/mol. The highest BCUT2D eigenvalue weighted by Crippen LogP contribution is 2.39. The number of hydrogen-bond donors (Lipinski definition) is 1. The molecule has 0 bridgehead atoms. The van der Waals surface area contributed by atoms with E-state index in [0.717, 1.165) is 12.0 Å². The van der Waals surface area contributed by atoms with Crippen molar-refractivity contribution in [3.05, 3.63) is 23.3 Å². The Bertz CT molecular complexity index is 488. The SMILES string of the molecule is CCOc1cc2c(cc1[C@@H](N)CC(F)(F)F)OC(C)C2. The fourth-order valence-electron chi connectivity index (χ4n) is 2.38. The van der Waals surface area contributed by atoms with E-state index in [2.05, 4.69) is 0 Å². The Balaban J connectivity index is 2.33. The summed E-state index contributed by atoms with van der Waals surface area (Å²) in [6, 6.07) is 2.18. The van der Waals surface area contributed by atoms with Crippen molar-refractivity contribution in [3.8, 4) is 11.5 Å². The van der Waals surface area contributed by atoms with E-state index in [1.54, 1.807) is 19.1 Å². The van der Waals surface area contributed by atoms with Crippen molar-refractivity contribution < 1.29 is 22.6 Å². The minimum absolute atomic E-state index is 0.0218. The summed E-state index contributed by atoms with van der Waals surface area (Å²) in [4.78, 5) is 0. The Morgan fingerprint density at radius 3 is 2.75 bits per heavy atom. The van der Waals surface area contributed by atoms with E-state index in [1.165, 1.54) is 0 Å². The van der Waals surface area contributed by atoms with Crippen LogP contribution in [0.4, 0.5) is 13.2 Å². The first-order chi connectivity index (χ1) is 9.30. The van der Waals surface area contributed by atoms with Crippen molar-refractivity contribution in [2.45, 2.75) is 45.0 Å². The van der Waals surface area contributed by atoms with Crippen molar-refractivity contribution in [1.82, 2.24) is 0 Å². The second-order valence-corrected chi connectivity index (χ2v) is 4.99. The van der Waals surface area contributed by atoms with Crippen LogP contribution < -0.4 is 15.2 Å². The van der Waals surface area contributed by atoms with E-state index >= 15 is 0 Å². The van der Waals surface area contributed by atoms with Crippen molar-refractivity contribution in [2.75, 3.05) is 6.61 Å². The number of halogens is 3. The molecule has 1 aromatic carbocycles. The summed E-state index contributed by atoms with van der Waals surface area (Å²) < 4.78 is 48.5. The Kier molecular flexibility index (Phi) is 4.13. The van der Waals surface area contributed by atoms with Crippen LogP contribution >= 0.6 is 0 Å². The molecule has 1 aliphatic rings. The fourth-order valence-corrected chi connectivity index (χ4v) is 2.38. The van der Waals surface area contributed by atoms with Gasteiger partial charge < -0.3 is 15.2 Å². The van der Waals surface area contributed by atoms with Gasteiger partial charge in [-0.1, -0.05) is 0 Å². The third-order valence-electron chi connectivity index (χ3n) is 3.18. The molecule has 112 valence electrons. The molecule has 2 N–H and O–H groups in total. The number of alkyl halides is 3. The second kappa shape index (κ2) is 5.52. The van der Waals surface area contributed by atoms with Crippen LogP contribution in [0.1, 0.15) is 37.4 Å². The summed E-state index contributed by atoms with van der Waals surface area (Å²) in [5, 5.41) is 0. The predicted octanol–water partition coefficient (Wildman–Crippen LogP) is 3.36. The average Bonchev–Trinajstić information content (AvgIpc) is 2.65. The lowest BCUT2D eigenvalue weighted by molar-refractivity contribution is -0.138. The molecule has 1 unspecified atom stereocenters. The van der Waals surface area contributed by atoms with Crippen LogP contribution in [0.5, 0.6) is 11.5 Å². The van der Waals surface area contributed by atoms with Gasteiger partial charge in [-0.25, -0.2) is 0 Å². The smallest absolute Gasteiger partial charge is 0.390 e. The van der Waals surface area contributed by atoms with Gasteiger partial charge in [-0.2, -0.15) is 13.2 Å². The van der Waals surface area contributed by atoms with Crippen molar-refractivity contribution in [2.24, 2.45) is 5.73 Å². The predicted molar refractivity (Wildman–Crippen MR) is 69.0 cm³/mol. The van der Waals surface area contributed by atoms with Crippen molar-refractivity contribution in [3.63, 3.8) is 0 Å². The van der Waals surface area contributed by atoms with Gasteiger partial charge in [-0.15, -0.1) is 0 Å². The van der Waals surface area contributed by atoms with Crippen LogP contribution in [0.25, 0.3) is 0 Å². The minimum atomic E-state index is -4.31. The Hall–Kier alpha value is -1.43. The maximum Gasteiger partial charge on any atom is 0.390 e. The highest BCUT2D eigenvalue weighted by Gasteiger charge is 2.33. The van der Waals surface area contributed by atoms with E-state index < -0.39 is 18.6 Å². The first kappa shape index (κ1) is 15.0. The number of hydrogen-bond acceptors (Lipinski definition) is 3. The summed E-state index contributed by atoms with van der Waals surface area (Å²) in [5.74, 6) is 1.02. The van der Waals surface area contributed by atoms with Gasteiger partial charge in [0.25, 0.3) is 0 Å². The molecule has 0 aliphatic carbocycles. The maximum absolute atomic E-state index is 12.5. The van der Waals surface area contributed by atoms with Gasteiger partial charge in [0, 0.05) is 23.6 Å². The summed E-state index contributed by atoms with van der Waals surface area (Å²) >= 11 is 0. The van der Waals surface area contributed by atoms with Gasteiger partial charge >= 0.3 is 6.18 Å². The molecule has 0 amide bonds. The first-order valence-electron chi connectivity index (χ1n) is 6.58. The Labute approximate surface area is 115 Å². The molecule has 1 aliphatic heterocycles. The minimum Gasteiger partial charge on any atom is -0.494 e. The normalized spacial score (nSPS) is 19.4. The molecule has 1 heterocycles. The standard InChI is InChI=1S/C14H18F3NO2/c1-3-19-13-5-9-4-8(2)20-12(9)6-10(13)11(18)7-14(15,16)17/h5-6,8,11H,3-4,7,18H2,1-2H3/t8?,11-/m0/s1. The van der Waals surface area contributed by atoms with Gasteiger partial charge in [0.15, 0.2) is 0 Å². The lowest BCUT2D eigenvalue weighted by atomic mass is 9.99. The summed E-state index contributed by atoms with van der Waals surface area (Å²) in [6.45, 7) is 4.07. The molecule has 0 saturated heterocycles. The van der Waals surface area contributed by atoms with Crippen LogP contribution in [0, 0.1) is 0 Å². The molecule has 2 atom stereocenters. The molecule has 0 aromatic heterocycles. The lowest BCUT2D eigenvalue weighted by Gasteiger charge is -2.19. The number of ether oxygens (including phenoxy) is 2. The summed E-state index contributed by atoms with van der Waals surface area (Å²) in [7, 11) is 0. The molecule has 0 radical (unpaired) electrons. The quantitative estimate of drug-likeness (QED) is 0.924. The zero-order valence-electron chi connectivity index (χ0n) is 11.5. The Morgan fingerprint density at radius 1 is 1.45 bits per heavy atom. The number of rotatable bonds is 4. The molecule has 20 heavy (non-hydrogen) atoms. The molecule has 1 aromatic rings. The first-order valence-corrected chi connectivity index (χ1v) is 6.58. The molecule has 6 heteroatoms. The Morgan fingerprint density at radius 2 is 2.15 bits per heavy atom. The van der Waals surface area contributed by atoms with Crippen molar-refractivity contribution >= 4 is 0 Å². The number of benzene rings is 1. The van der Waals surface area contributed by atoms with E-state index in [0.29, 0.717) is 23.7 Å². The van der Waals surface area contributed by atoms with Gasteiger partial charge in [0.2, 0.25) is 0 Å². The molecule has 0 spiro atoms. The second-order valence-electron chi connectivity index (χ2n) is 4.99. The molecular formula is C14H18F3NO2. The third kappa shape index (κ3) is 3.36. The zero-order chi connectivity index (χ0) is 14.9. The third-order valence-corrected chi connectivity index (χ3v) is 3.18. The van der Waals surface area contributed by atoms with Crippen LogP contribution in [0.15, 0.2) is 12.1 Å². The van der Waals surface area contributed by atoms with Gasteiger partial charge in [0.1, 0.15) is 17.6 Å². The van der Waals surface area contributed by atoms with Crippen LogP contribution in [0.3, 0.4) is 0 Å². The highest BCUT2D eigenvalue weighted by molar-refractivity contribution is 5.50. The van der Waals surface area contributed by atoms with E-state index in [4.69, 9.17) is 15.2 Å². The molecule has 0 fully saturated rings. The maximum atomic E-state index is 12.5. The fraction of sp³-hybridized carbons (Fsp3) is 0.571. The van der Waals surface area contributed by atoms with Crippen LogP contribution in [0.2, 0.25) is 0 Å². The molecule has 3 nitrogen and oxygen atoms in total. The van der Waals surface area contributed by atoms with Gasteiger partial charge in [-0.3, -0.25) is 0 Å². The molecule has 2 rings (SSSR count). The number of fused-ring (bicyclic) bond motifs is 1. The highest BCUT2D eigenvalue weighted by atomic mass is 19.4. The van der Waals surface area contributed by atoms with E-state index in [9.17, 15) is 13.2 Å². The topological polar surface area (TPSA) is 44.5 Å². The lowest BCUT2D eigenvalue weighted by Crippen LogP contribution is -2.21. The van der Waals surface area contributed by atoms with Gasteiger partial charge in [0.05, 0.1) is 13.0 Å². The van der Waals surface area contributed by atoms with Crippen LogP contribution in [-0.4, -0.2) is 18.9 Å². The van der Waals surface area contributed by atoms with Gasteiger partial charge in [-0.05, 0) is 26.0 Å². The average molecular weight is 289 g/mol. The van der Waals surface area contributed by atoms with Crippen molar-refractivity contribution in [1.29, 1.82) is 0 Å². The van der Waals surface area contributed by atoms with E-state index in [1.807, 2.05) is 6.92 Å². The summed E-state index contributed by atoms with van der Waals surface area (Å²) in [6.07, 6.45) is -4.64. The molecule has 0 saturated carbocycles. The number of nitrogens with two attached hydrogens (primary N) is 1. The largest absolute Gasteiger partial charge is 0.494 e. The summed E-state index contributed by atoms with van der Waals surface area (Å²) in [5.41, 5.74) is 6.98. The van der Waals surface area contributed by atoms with E-state index in [-0.39, 0.29) is 6.10 Å².